The minimum atomic E-state index is -0.767. The molecule has 1 saturated carbocycles. The highest BCUT2D eigenvalue weighted by atomic mass is 19.1. The lowest BCUT2D eigenvalue weighted by molar-refractivity contribution is 0.352. The number of aromatic hydroxyl groups is 1. The van der Waals surface area contributed by atoms with Gasteiger partial charge in [0.05, 0.1) is 12.6 Å². The number of phenols is 1. The molecule has 0 aromatic heterocycles. The van der Waals surface area contributed by atoms with E-state index in [1.165, 1.54) is 19.2 Å². The fourth-order valence-electron chi connectivity index (χ4n) is 2.51. The molecular formula is C13H14FNO3. The molecule has 0 spiro atoms. The molecule has 1 aromatic carbocycles. The van der Waals surface area contributed by atoms with E-state index in [0.717, 1.165) is 12.8 Å². The van der Waals surface area contributed by atoms with Gasteiger partial charge < -0.3 is 9.84 Å². The van der Waals surface area contributed by atoms with Gasteiger partial charge in [0.1, 0.15) is 0 Å². The molecule has 1 N–H and O–H groups in total. The third-order valence-corrected chi connectivity index (χ3v) is 3.48. The van der Waals surface area contributed by atoms with E-state index in [0.29, 0.717) is 18.4 Å². The summed E-state index contributed by atoms with van der Waals surface area (Å²) in [6.07, 6.45) is 4.78. The number of nitrogens with zero attached hydrogens (tertiary/aromatic N) is 1. The third kappa shape index (κ3) is 1.97. The Bertz CT molecular complexity index is 503. The van der Waals surface area contributed by atoms with E-state index < -0.39 is 17.1 Å². The largest absolute Gasteiger partial charge is 0.502 e. The van der Waals surface area contributed by atoms with E-state index in [1.807, 2.05) is 0 Å². The third-order valence-electron chi connectivity index (χ3n) is 3.48. The topological polar surface area (TPSA) is 58.9 Å². The van der Waals surface area contributed by atoms with Gasteiger partial charge in [0.2, 0.25) is 6.08 Å². The lowest BCUT2D eigenvalue weighted by atomic mass is 9.88. The lowest BCUT2D eigenvalue weighted by Crippen LogP contribution is -2.19. The van der Waals surface area contributed by atoms with E-state index in [2.05, 4.69) is 4.99 Å². The van der Waals surface area contributed by atoms with Crippen molar-refractivity contribution in [3.05, 3.63) is 23.5 Å². The molecule has 0 bridgehead atoms. The van der Waals surface area contributed by atoms with Gasteiger partial charge in [0, 0.05) is 0 Å². The predicted molar refractivity (Wildman–Crippen MR) is 62.9 cm³/mol. The number of hydrogen-bond donors (Lipinski definition) is 1. The van der Waals surface area contributed by atoms with E-state index in [9.17, 15) is 14.3 Å². The van der Waals surface area contributed by atoms with Crippen LogP contribution in [0.5, 0.6) is 11.5 Å². The molecule has 96 valence electrons. The van der Waals surface area contributed by atoms with Crippen molar-refractivity contribution in [2.75, 3.05) is 7.11 Å². The van der Waals surface area contributed by atoms with Gasteiger partial charge in [-0.3, -0.25) is 0 Å². The summed E-state index contributed by atoms with van der Waals surface area (Å²) in [5, 5.41) is 9.47. The molecule has 0 amide bonds. The summed E-state index contributed by atoms with van der Waals surface area (Å²) in [6, 6.07) is 2.74. The van der Waals surface area contributed by atoms with Gasteiger partial charge in [-0.1, -0.05) is 12.8 Å². The molecule has 1 fully saturated rings. The first-order chi connectivity index (χ1) is 8.63. The van der Waals surface area contributed by atoms with Gasteiger partial charge in [0.25, 0.3) is 0 Å². The van der Waals surface area contributed by atoms with Crippen LogP contribution in [0.4, 0.5) is 4.39 Å². The van der Waals surface area contributed by atoms with Gasteiger partial charge in [-0.25, -0.2) is 9.18 Å². The molecule has 0 heterocycles. The summed E-state index contributed by atoms with van der Waals surface area (Å²) >= 11 is 0. The Hall–Kier alpha value is -1.87. The van der Waals surface area contributed by atoms with Crippen LogP contribution < -0.4 is 4.74 Å². The number of aliphatic imine (C=N–C) groups is 1. The smallest absolute Gasteiger partial charge is 0.235 e. The molecule has 0 aliphatic heterocycles. The highest BCUT2D eigenvalue weighted by Gasteiger charge is 2.37. The minimum absolute atomic E-state index is 0.0531. The molecule has 4 nitrogen and oxygen atoms in total. The zero-order valence-corrected chi connectivity index (χ0v) is 10.1. The van der Waals surface area contributed by atoms with E-state index >= 15 is 0 Å². The predicted octanol–water partition coefficient (Wildman–Crippen LogP) is 2.65. The molecule has 1 aromatic rings. The molecule has 1 aliphatic carbocycles. The van der Waals surface area contributed by atoms with Gasteiger partial charge in [-0.15, -0.1) is 0 Å². The van der Waals surface area contributed by atoms with Crippen molar-refractivity contribution in [3.8, 4) is 11.5 Å². The summed E-state index contributed by atoms with van der Waals surface area (Å²) < 4.78 is 18.5. The second-order valence-corrected chi connectivity index (χ2v) is 4.45. The van der Waals surface area contributed by atoms with Gasteiger partial charge in [-0.05, 0) is 30.5 Å². The quantitative estimate of drug-likeness (QED) is 0.663. The van der Waals surface area contributed by atoms with Crippen molar-refractivity contribution in [2.45, 2.75) is 31.2 Å². The van der Waals surface area contributed by atoms with Crippen molar-refractivity contribution in [3.63, 3.8) is 0 Å². The fraction of sp³-hybridized carbons (Fsp3) is 0.462. The molecule has 0 radical (unpaired) electrons. The summed E-state index contributed by atoms with van der Waals surface area (Å²) in [7, 11) is 1.35. The molecule has 1 aliphatic rings. The average Bonchev–Trinajstić information content (AvgIpc) is 2.82. The molecule has 2 rings (SSSR count). The number of methoxy groups -OCH3 is 1. The van der Waals surface area contributed by atoms with Crippen LogP contribution in [0.2, 0.25) is 0 Å². The maximum atomic E-state index is 13.6. The molecule has 18 heavy (non-hydrogen) atoms. The van der Waals surface area contributed by atoms with Crippen LogP contribution >= 0.6 is 0 Å². The average molecular weight is 251 g/mol. The summed E-state index contributed by atoms with van der Waals surface area (Å²) in [6.45, 7) is 0. The standard InChI is InChI=1S/C13H14FNO3/c1-18-11-7-9(6-10(14)12(11)17)13(15-8-16)4-2-3-5-13/h6-7,17H,2-5H2,1H3. The SMILES string of the molecule is COc1cc(C2(N=C=O)CCCC2)cc(F)c1O. The van der Waals surface area contributed by atoms with E-state index in [-0.39, 0.29) is 5.75 Å². The van der Waals surface area contributed by atoms with Crippen LogP contribution in [0, 0.1) is 5.82 Å². The Balaban J connectivity index is 2.55. The normalized spacial score (nSPS) is 17.2. The number of isocyanates is 1. The number of rotatable bonds is 3. The molecule has 0 atom stereocenters. The second-order valence-electron chi connectivity index (χ2n) is 4.45. The van der Waals surface area contributed by atoms with Crippen LogP contribution in [0.1, 0.15) is 31.2 Å². The summed E-state index contributed by atoms with van der Waals surface area (Å²) in [5.41, 5.74) is -0.167. The molecule has 5 heteroatoms. The summed E-state index contributed by atoms with van der Waals surface area (Å²) in [5.74, 6) is -1.24. The number of halogens is 1. The number of benzene rings is 1. The van der Waals surface area contributed by atoms with Crippen LogP contribution in [0.15, 0.2) is 17.1 Å². The Kier molecular flexibility index (Phi) is 3.34. The Morgan fingerprint density at radius 1 is 1.44 bits per heavy atom. The van der Waals surface area contributed by atoms with Crippen LogP contribution in [0.25, 0.3) is 0 Å². The second kappa shape index (κ2) is 4.78. The van der Waals surface area contributed by atoms with Crippen LogP contribution in [-0.2, 0) is 10.3 Å². The maximum Gasteiger partial charge on any atom is 0.235 e. The van der Waals surface area contributed by atoms with Crippen molar-refractivity contribution >= 4 is 6.08 Å². The first kappa shape index (κ1) is 12.6. The highest BCUT2D eigenvalue weighted by molar-refractivity contribution is 5.47. The monoisotopic (exact) mass is 251 g/mol. The van der Waals surface area contributed by atoms with Crippen molar-refractivity contribution in [1.82, 2.24) is 0 Å². The van der Waals surface area contributed by atoms with Crippen molar-refractivity contribution < 1.29 is 19.0 Å². The van der Waals surface area contributed by atoms with Crippen molar-refractivity contribution in [2.24, 2.45) is 4.99 Å². The zero-order valence-electron chi connectivity index (χ0n) is 10.1. The highest BCUT2D eigenvalue weighted by Crippen LogP contribution is 2.45. The number of hydrogen-bond acceptors (Lipinski definition) is 4. The van der Waals surface area contributed by atoms with E-state index in [4.69, 9.17) is 4.74 Å². The Morgan fingerprint density at radius 3 is 2.67 bits per heavy atom. The van der Waals surface area contributed by atoms with Crippen LogP contribution in [-0.4, -0.2) is 18.3 Å². The van der Waals surface area contributed by atoms with Gasteiger partial charge in [-0.2, -0.15) is 4.99 Å². The zero-order chi connectivity index (χ0) is 13.2. The summed E-state index contributed by atoms with van der Waals surface area (Å²) in [4.78, 5) is 14.4. The van der Waals surface area contributed by atoms with Gasteiger partial charge in [0.15, 0.2) is 17.3 Å². The molecule has 0 unspecified atom stereocenters. The minimum Gasteiger partial charge on any atom is -0.502 e. The van der Waals surface area contributed by atoms with Crippen molar-refractivity contribution in [1.29, 1.82) is 0 Å². The number of ether oxygens (including phenoxy) is 1. The van der Waals surface area contributed by atoms with E-state index in [1.54, 1.807) is 6.08 Å². The Morgan fingerprint density at radius 2 is 2.11 bits per heavy atom. The number of phenolic OH excluding ortho intramolecular Hbond substituents is 1. The molecular weight excluding hydrogens is 237 g/mol. The van der Waals surface area contributed by atoms with Crippen LogP contribution in [0.3, 0.4) is 0 Å². The first-order valence-electron chi connectivity index (χ1n) is 5.79. The Labute approximate surface area is 104 Å². The maximum absolute atomic E-state index is 13.6. The molecule has 0 saturated heterocycles. The lowest BCUT2D eigenvalue weighted by Gasteiger charge is -2.23. The van der Waals surface area contributed by atoms with Gasteiger partial charge >= 0.3 is 0 Å². The fourth-order valence-corrected chi connectivity index (χ4v) is 2.51. The first-order valence-corrected chi connectivity index (χ1v) is 5.79. The number of carbonyl (C=O) groups excluding carboxylic acids is 1.